The lowest BCUT2D eigenvalue weighted by Gasteiger charge is -2.29. The van der Waals surface area contributed by atoms with E-state index in [0.717, 1.165) is 4.90 Å². The van der Waals surface area contributed by atoms with Crippen molar-refractivity contribution in [2.24, 2.45) is 0 Å². The molecule has 1 N–H and O–H groups in total. The van der Waals surface area contributed by atoms with Gasteiger partial charge in [0.2, 0.25) is 0 Å². The van der Waals surface area contributed by atoms with Crippen molar-refractivity contribution in [3.63, 3.8) is 0 Å². The van der Waals surface area contributed by atoms with E-state index in [2.05, 4.69) is 5.32 Å². The smallest absolute Gasteiger partial charge is 0.270 e. The highest BCUT2D eigenvalue weighted by atomic mass is 32.2. The molecule has 2 aromatic carbocycles. The molecule has 2 heterocycles. The van der Waals surface area contributed by atoms with E-state index in [1.54, 1.807) is 36.4 Å². The summed E-state index contributed by atoms with van der Waals surface area (Å²) < 4.78 is 11.3. The van der Waals surface area contributed by atoms with Gasteiger partial charge in [-0.2, -0.15) is 0 Å². The number of hydrogen-bond acceptors (Lipinski definition) is 6. The van der Waals surface area contributed by atoms with E-state index in [1.165, 1.54) is 22.7 Å². The highest BCUT2D eigenvalue weighted by Gasteiger charge is 2.35. The van der Waals surface area contributed by atoms with Gasteiger partial charge in [-0.05, 0) is 61.6 Å². The van der Waals surface area contributed by atoms with Crippen LogP contribution in [0.2, 0.25) is 0 Å². The van der Waals surface area contributed by atoms with Crippen LogP contribution in [0.1, 0.15) is 12.7 Å². The summed E-state index contributed by atoms with van der Waals surface area (Å²) in [6.07, 6.45) is 1.42. The number of carbonyl (C=O) groups excluding carboxylic acids is 2. The molecule has 1 aliphatic heterocycles. The molecule has 0 atom stereocenters. The number of rotatable bonds is 6. The topological polar surface area (TPSA) is 71.8 Å². The summed E-state index contributed by atoms with van der Waals surface area (Å²) in [5.74, 6) is -0.101. The summed E-state index contributed by atoms with van der Waals surface area (Å²) in [7, 11) is 0. The molecule has 8 heteroatoms. The average Bonchev–Trinajstić information content (AvgIpc) is 3.19. The number of anilines is 1. The molecule has 0 radical (unpaired) electrons. The Morgan fingerprint density at radius 3 is 2.68 bits per heavy atom. The number of nitrogens with one attached hydrogen (secondary N) is 1. The molecule has 4 rings (SSSR count). The molecule has 1 aromatic heterocycles. The highest BCUT2D eigenvalue weighted by molar-refractivity contribution is 7.99. The minimum absolute atomic E-state index is 0.0144. The Kier molecular flexibility index (Phi) is 6.20. The van der Waals surface area contributed by atoms with E-state index < -0.39 is 11.8 Å². The molecule has 3 aromatic rings. The number of nitrogens with zero attached hydrogens (tertiary/aromatic N) is 1. The van der Waals surface area contributed by atoms with Crippen molar-refractivity contribution in [3.8, 4) is 5.75 Å². The molecule has 1 fully saturated rings. The lowest BCUT2D eigenvalue weighted by molar-refractivity contribution is -0.122. The second-order valence-electron chi connectivity index (χ2n) is 6.46. The molecule has 6 nitrogen and oxygen atoms in total. The number of carbonyl (C=O) groups is 2. The number of ether oxygens (including phenoxy) is 1. The van der Waals surface area contributed by atoms with Crippen molar-refractivity contribution < 1.29 is 18.7 Å². The zero-order valence-electron chi connectivity index (χ0n) is 16.5. The standard InChI is InChI=1S/C23H18N2O4S2/c1-2-28-16-8-6-7-15(13-16)25-22(27)19(21(26)24-23(25)30)14-17-11-12-20(29-17)31-18-9-4-3-5-10-18/h3-14H,2H2,1H3,(H,24,26,30)/b19-14-. The van der Waals surface area contributed by atoms with Crippen molar-refractivity contribution in [2.75, 3.05) is 11.5 Å². The van der Waals surface area contributed by atoms with Crippen LogP contribution in [-0.4, -0.2) is 23.5 Å². The molecular weight excluding hydrogens is 432 g/mol. The number of hydrogen-bond donors (Lipinski definition) is 1. The van der Waals surface area contributed by atoms with Crippen LogP contribution < -0.4 is 15.0 Å². The molecule has 0 saturated carbocycles. The fourth-order valence-electron chi connectivity index (χ4n) is 2.98. The van der Waals surface area contributed by atoms with Crippen LogP contribution in [0.15, 0.2) is 86.7 Å². The first-order valence-electron chi connectivity index (χ1n) is 9.52. The summed E-state index contributed by atoms with van der Waals surface area (Å²) >= 11 is 6.69. The first kappa shape index (κ1) is 20.9. The van der Waals surface area contributed by atoms with Crippen molar-refractivity contribution >= 4 is 52.7 Å². The molecule has 1 saturated heterocycles. The Hall–Kier alpha value is -3.36. The van der Waals surface area contributed by atoms with Gasteiger partial charge in [0.15, 0.2) is 10.2 Å². The molecule has 1 aliphatic rings. The van der Waals surface area contributed by atoms with Crippen molar-refractivity contribution in [2.45, 2.75) is 16.9 Å². The van der Waals surface area contributed by atoms with Gasteiger partial charge in [0.25, 0.3) is 11.8 Å². The van der Waals surface area contributed by atoms with Gasteiger partial charge in [-0.3, -0.25) is 19.8 Å². The zero-order valence-corrected chi connectivity index (χ0v) is 18.2. The lowest BCUT2D eigenvalue weighted by atomic mass is 10.1. The van der Waals surface area contributed by atoms with Gasteiger partial charge in [0.05, 0.1) is 12.3 Å². The summed E-state index contributed by atoms with van der Waals surface area (Å²) in [5.41, 5.74) is 0.438. The third-order valence-corrected chi connectivity index (χ3v) is 5.55. The van der Waals surface area contributed by atoms with Gasteiger partial charge in [-0.25, -0.2) is 0 Å². The molecule has 2 amide bonds. The van der Waals surface area contributed by atoms with Gasteiger partial charge < -0.3 is 9.15 Å². The summed E-state index contributed by atoms with van der Waals surface area (Å²) in [6.45, 7) is 2.36. The average molecular weight is 451 g/mol. The fourth-order valence-corrected chi connectivity index (χ4v) is 4.07. The Labute approximate surface area is 188 Å². The molecule has 156 valence electrons. The van der Waals surface area contributed by atoms with E-state index in [4.69, 9.17) is 21.4 Å². The molecule has 0 spiro atoms. The van der Waals surface area contributed by atoms with Crippen LogP contribution in [-0.2, 0) is 9.59 Å². The van der Waals surface area contributed by atoms with E-state index in [0.29, 0.717) is 28.9 Å². The maximum atomic E-state index is 13.1. The predicted octanol–water partition coefficient (Wildman–Crippen LogP) is 4.66. The van der Waals surface area contributed by atoms with Gasteiger partial charge in [0.1, 0.15) is 17.1 Å². The monoisotopic (exact) mass is 450 g/mol. The second-order valence-corrected chi connectivity index (χ2v) is 7.92. The number of thiocarbonyl (C=S) groups is 1. The Balaban J connectivity index is 1.60. The third-order valence-electron chi connectivity index (χ3n) is 4.34. The number of furan rings is 1. The van der Waals surface area contributed by atoms with Crippen LogP contribution in [0.5, 0.6) is 5.75 Å². The third kappa shape index (κ3) is 4.70. The van der Waals surface area contributed by atoms with Crippen molar-refractivity contribution in [3.05, 3.63) is 78.1 Å². The second kappa shape index (κ2) is 9.20. The van der Waals surface area contributed by atoms with E-state index in [-0.39, 0.29) is 10.7 Å². The fraction of sp³-hybridized carbons (Fsp3) is 0.0870. The largest absolute Gasteiger partial charge is 0.494 e. The maximum Gasteiger partial charge on any atom is 0.270 e. The first-order chi connectivity index (χ1) is 15.0. The minimum Gasteiger partial charge on any atom is -0.494 e. The minimum atomic E-state index is -0.569. The predicted molar refractivity (Wildman–Crippen MR) is 123 cm³/mol. The van der Waals surface area contributed by atoms with E-state index in [9.17, 15) is 9.59 Å². The molecule has 0 bridgehead atoms. The van der Waals surface area contributed by atoms with Crippen molar-refractivity contribution in [1.29, 1.82) is 0 Å². The van der Waals surface area contributed by atoms with Crippen molar-refractivity contribution in [1.82, 2.24) is 5.32 Å². The van der Waals surface area contributed by atoms with Crippen LogP contribution in [0.25, 0.3) is 6.08 Å². The molecule has 0 unspecified atom stereocenters. The van der Waals surface area contributed by atoms with Crippen LogP contribution in [0.4, 0.5) is 5.69 Å². The quantitative estimate of drug-likeness (QED) is 0.335. The molecule has 31 heavy (non-hydrogen) atoms. The van der Waals surface area contributed by atoms with E-state index >= 15 is 0 Å². The molecular formula is C23H18N2O4S2. The maximum absolute atomic E-state index is 13.1. The van der Waals surface area contributed by atoms with Crippen LogP contribution >= 0.6 is 24.0 Å². The Morgan fingerprint density at radius 1 is 1.10 bits per heavy atom. The lowest BCUT2D eigenvalue weighted by Crippen LogP contribution is -2.54. The zero-order chi connectivity index (χ0) is 21.8. The Morgan fingerprint density at radius 2 is 1.90 bits per heavy atom. The SMILES string of the molecule is CCOc1cccc(N2C(=O)/C(=C\c3ccc(Sc4ccccc4)o3)C(=O)NC2=S)c1. The Bertz CT molecular complexity index is 1170. The summed E-state index contributed by atoms with van der Waals surface area (Å²) in [4.78, 5) is 27.9. The molecule has 0 aliphatic carbocycles. The van der Waals surface area contributed by atoms with E-state index in [1.807, 2.05) is 37.3 Å². The normalized spacial score (nSPS) is 15.3. The van der Waals surface area contributed by atoms with Gasteiger partial charge >= 0.3 is 0 Å². The highest BCUT2D eigenvalue weighted by Crippen LogP contribution is 2.30. The summed E-state index contributed by atoms with van der Waals surface area (Å²) in [5, 5.41) is 3.23. The number of benzene rings is 2. The van der Waals surface area contributed by atoms with Crippen LogP contribution in [0, 0.1) is 0 Å². The van der Waals surface area contributed by atoms with Crippen LogP contribution in [0.3, 0.4) is 0 Å². The van der Waals surface area contributed by atoms with Gasteiger partial charge in [-0.15, -0.1) is 0 Å². The van der Waals surface area contributed by atoms with Gasteiger partial charge in [0, 0.05) is 11.0 Å². The first-order valence-corrected chi connectivity index (χ1v) is 10.7. The van der Waals surface area contributed by atoms with Gasteiger partial charge in [-0.1, -0.05) is 36.0 Å². The number of amides is 2. The summed E-state index contributed by atoms with van der Waals surface area (Å²) in [6, 6.07) is 20.2.